The van der Waals surface area contributed by atoms with E-state index in [0.29, 0.717) is 18.7 Å². The predicted molar refractivity (Wildman–Crippen MR) is 94.9 cm³/mol. The van der Waals surface area contributed by atoms with Gasteiger partial charge in [0, 0.05) is 26.2 Å². The molecule has 2 aliphatic carbocycles. The zero-order valence-corrected chi connectivity index (χ0v) is 15.4. The minimum absolute atomic E-state index is 0. The van der Waals surface area contributed by atoms with E-state index in [4.69, 9.17) is 4.74 Å². The number of halogens is 1. The topological polar surface area (TPSA) is 45.7 Å². The molecule has 5 heteroatoms. The van der Waals surface area contributed by atoms with Crippen LogP contribution in [0.5, 0.6) is 0 Å². The fraction of sp³-hybridized carbons (Fsp3) is 0.933. The van der Waals surface area contributed by atoms with E-state index < -0.39 is 0 Å². The Balaban J connectivity index is 0.00000200. The zero-order valence-electron chi connectivity index (χ0n) is 13.0. The number of nitrogens with zero attached hydrogens (tertiary/aromatic N) is 1. The van der Waals surface area contributed by atoms with Crippen molar-refractivity contribution in [3.05, 3.63) is 0 Å². The van der Waals surface area contributed by atoms with Gasteiger partial charge in [-0.15, -0.1) is 24.0 Å². The number of rotatable bonds is 5. The van der Waals surface area contributed by atoms with E-state index in [1.807, 2.05) is 7.05 Å². The van der Waals surface area contributed by atoms with Crippen molar-refractivity contribution in [2.75, 3.05) is 20.8 Å². The molecule has 0 aromatic rings. The van der Waals surface area contributed by atoms with Gasteiger partial charge in [-0.3, -0.25) is 4.99 Å². The van der Waals surface area contributed by atoms with Crippen molar-refractivity contribution in [1.29, 1.82) is 0 Å². The third-order valence-electron chi connectivity index (χ3n) is 4.44. The SMILES string of the molecule is CN=C(NC(C)COC)NC1CC1C1CCCCC1.I. The van der Waals surface area contributed by atoms with Crippen molar-refractivity contribution in [1.82, 2.24) is 10.6 Å². The zero-order chi connectivity index (χ0) is 13.7. The highest BCUT2D eigenvalue weighted by atomic mass is 127. The Hall–Kier alpha value is -0.0400. The van der Waals surface area contributed by atoms with Gasteiger partial charge >= 0.3 is 0 Å². The Morgan fingerprint density at radius 3 is 2.60 bits per heavy atom. The molecular formula is C15H30IN3O. The average molecular weight is 395 g/mol. The Morgan fingerprint density at radius 2 is 2.00 bits per heavy atom. The second kappa shape index (κ2) is 9.07. The first kappa shape index (κ1) is 18.0. The van der Waals surface area contributed by atoms with E-state index in [1.165, 1.54) is 38.5 Å². The van der Waals surface area contributed by atoms with Gasteiger partial charge in [0.05, 0.1) is 6.61 Å². The van der Waals surface area contributed by atoms with Gasteiger partial charge in [0.15, 0.2) is 5.96 Å². The molecule has 2 saturated carbocycles. The van der Waals surface area contributed by atoms with E-state index in [1.54, 1.807) is 7.11 Å². The number of hydrogen-bond acceptors (Lipinski definition) is 2. The number of aliphatic imine (C=N–C) groups is 1. The summed E-state index contributed by atoms with van der Waals surface area (Å²) in [6, 6.07) is 0.937. The molecule has 0 radical (unpaired) electrons. The quantitative estimate of drug-likeness (QED) is 0.428. The van der Waals surface area contributed by atoms with Gasteiger partial charge in [0.25, 0.3) is 0 Å². The summed E-state index contributed by atoms with van der Waals surface area (Å²) in [5.41, 5.74) is 0. The maximum absolute atomic E-state index is 5.14. The highest BCUT2D eigenvalue weighted by molar-refractivity contribution is 14.0. The summed E-state index contributed by atoms with van der Waals surface area (Å²) in [7, 11) is 3.57. The Morgan fingerprint density at radius 1 is 1.30 bits per heavy atom. The van der Waals surface area contributed by atoms with Crippen LogP contribution in [0, 0.1) is 11.8 Å². The van der Waals surface area contributed by atoms with Crippen LogP contribution in [0.15, 0.2) is 4.99 Å². The lowest BCUT2D eigenvalue weighted by Crippen LogP contribution is -2.45. The van der Waals surface area contributed by atoms with Crippen molar-refractivity contribution in [3.63, 3.8) is 0 Å². The van der Waals surface area contributed by atoms with Gasteiger partial charge in [-0.1, -0.05) is 32.1 Å². The van der Waals surface area contributed by atoms with Crippen LogP contribution in [0.4, 0.5) is 0 Å². The van der Waals surface area contributed by atoms with Crippen molar-refractivity contribution in [2.24, 2.45) is 16.8 Å². The van der Waals surface area contributed by atoms with Crippen molar-refractivity contribution in [3.8, 4) is 0 Å². The summed E-state index contributed by atoms with van der Waals surface area (Å²) in [5, 5.41) is 6.94. The van der Waals surface area contributed by atoms with E-state index >= 15 is 0 Å². The van der Waals surface area contributed by atoms with Crippen LogP contribution < -0.4 is 10.6 Å². The largest absolute Gasteiger partial charge is 0.383 e. The Kier molecular flexibility index (Phi) is 8.17. The van der Waals surface area contributed by atoms with Crippen LogP contribution >= 0.6 is 24.0 Å². The lowest BCUT2D eigenvalue weighted by molar-refractivity contribution is 0.179. The van der Waals surface area contributed by atoms with Crippen molar-refractivity contribution < 1.29 is 4.74 Å². The minimum atomic E-state index is 0. The Bertz CT molecular complexity index is 305. The molecule has 2 N–H and O–H groups in total. The molecule has 0 heterocycles. The fourth-order valence-electron chi connectivity index (χ4n) is 3.34. The van der Waals surface area contributed by atoms with Crippen LogP contribution in [0.25, 0.3) is 0 Å². The maximum atomic E-state index is 5.14. The van der Waals surface area contributed by atoms with Gasteiger partial charge in [-0.05, 0) is 25.2 Å². The molecule has 0 aromatic carbocycles. The molecule has 118 valence electrons. The van der Waals surface area contributed by atoms with Gasteiger partial charge in [-0.2, -0.15) is 0 Å². The molecule has 4 nitrogen and oxygen atoms in total. The molecule has 0 aliphatic heterocycles. The maximum Gasteiger partial charge on any atom is 0.191 e. The highest BCUT2D eigenvalue weighted by Gasteiger charge is 2.43. The summed E-state index contributed by atoms with van der Waals surface area (Å²) >= 11 is 0. The summed E-state index contributed by atoms with van der Waals surface area (Å²) in [4.78, 5) is 4.31. The van der Waals surface area contributed by atoms with Crippen LogP contribution in [0.3, 0.4) is 0 Å². The van der Waals surface area contributed by atoms with Crippen molar-refractivity contribution in [2.45, 2.75) is 57.5 Å². The van der Waals surface area contributed by atoms with E-state index in [0.717, 1.165) is 17.8 Å². The summed E-state index contributed by atoms with van der Waals surface area (Å²) < 4.78 is 5.14. The van der Waals surface area contributed by atoms with Crippen LogP contribution in [-0.4, -0.2) is 38.8 Å². The number of methoxy groups -OCH3 is 1. The fourth-order valence-corrected chi connectivity index (χ4v) is 3.34. The summed E-state index contributed by atoms with van der Waals surface area (Å²) in [5.74, 6) is 2.77. The van der Waals surface area contributed by atoms with Gasteiger partial charge in [-0.25, -0.2) is 0 Å². The molecule has 0 spiro atoms. The van der Waals surface area contributed by atoms with E-state index in [2.05, 4.69) is 22.5 Å². The van der Waals surface area contributed by atoms with Crippen LogP contribution in [0.1, 0.15) is 45.4 Å². The molecule has 2 fully saturated rings. The van der Waals surface area contributed by atoms with Gasteiger partial charge in [0.1, 0.15) is 0 Å². The number of nitrogens with one attached hydrogen (secondary N) is 2. The predicted octanol–water partition coefficient (Wildman–Crippen LogP) is 2.77. The molecule has 2 rings (SSSR count). The monoisotopic (exact) mass is 395 g/mol. The molecule has 0 amide bonds. The number of ether oxygens (including phenoxy) is 1. The second-order valence-electron chi connectivity index (χ2n) is 6.12. The molecule has 0 bridgehead atoms. The van der Waals surface area contributed by atoms with Crippen LogP contribution in [-0.2, 0) is 4.74 Å². The third-order valence-corrected chi connectivity index (χ3v) is 4.44. The smallest absolute Gasteiger partial charge is 0.191 e. The summed E-state index contributed by atoms with van der Waals surface area (Å²) in [6.07, 6.45) is 8.52. The first-order chi connectivity index (χ1) is 9.24. The molecule has 0 aromatic heterocycles. The average Bonchev–Trinajstić information content (AvgIpc) is 3.18. The lowest BCUT2D eigenvalue weighted by atomic mass is 9.85. The lowest BCUT2D eigenvalue weighted by Gasteiger charge is -2.22. The third kappa shape index (κ3) is 5.39. The van der Waals surface area contributed by atoms with E-state index in [9.17, 15) is 0 Å². The van der Waals surface area contributed by atoms with Gasteiger partial charge < -0.3 is 15.4 Å². The van der Waals surface area contributed by atoms with E-state index in [-0.39, 0.29) is 24.0 Å². The second-order valence-corrected chi connectivity index (χ2v) is 6.12. The molecule has 3 atom stereocenters. The van der Waals surface area contributed by atoms with Gasteiger partial charge in [0.2, 0.25) is 0 Å². The molecule has 0 saturated heterocycles. The van der Waals surface area contributed by atoms with Crippen molar-refractivity contribution >= 4 is 29.9 Å². The molecular weight excluding hydrogens is 365 g/mol. The summed E-state index contributed by atoms with van der Waals surface area (Å²) in [6.45, 7) is 2.82. The number of guanidine groups is 1. The first-order valence-corrected chi connectivity index (χ1v) is 7.73. The van der Waals surface area contributed by atoms with Crippen LogP contribution in [0.2, 0.25) is 0 Å². The first-order valence-electron chi connectivity index (χ1n) is 7.73. The normalized spacial score (nSPS) is 28.4. The Labute approximate surface area is 140 Å². The molecule has 2 aliphatic rings. The molecule has 20 heavy (non-hydrogen) atoms. The highest BCUT2D eigenvalue weighted by Crippen LogP contribution is 2.44. The minimum Gasteiger partial charge on any atom is -0.383 e. The standard InChI is InChI=1S/C15H29N3O.HI/c1-11(10-19-3)17-15(16-2)18-14-9-13(14)12-7-5-4-6-8-12;/h11-14H,4-10H2,1-3H3,(H2,16,17,18);1H. The number of hydrogen-bond donors (Lipinski definition) is 2. The molecule has 3 unspecified atom stereocenters.